The Balaban J connectivity index is 1.78. The van der Waals surface area contributed by atoms with Gasteiger partial charge in [-0.3, -0.25) is 4.90 Å². The minimum absolute atomic E-state index is 0.113. The number of piperidine rings is 1. The fraction of sp³-hybridized carbons (Fsp3) is 0.444. The van der Waals surface area contributed by atoms with E-state index in [9.17, 15) is 10.2 Å². The number of benzene rings is 1. The van der Waals surface area contributed by atoms with Gasteiger partial charge in [0.2, 0.25) is 10.8 Å². The van der Waals surface area contributed by atoms with Crippen molar-refractivity contribution < 1.29 is 10.2 Å². The first-order valence-corrected chi connectivity index (χ1v) is 10.0. The average molecular weight is 393 g/mol. The SMILES string of the molecule is CCc1nc2sc([C@H](c3ccc(Cl)cc3)N3CCC(O)CC3)c(O)n2n1. The standard InChI is InChI=1S/C18H21ClN4O2S/c1-2-14-20-18-23(21-14)17(25)16(26-18)15(11-3-5-12(19)6-4-11)22-9-7-13(24)8-10-22/h3-6,13,15,24-25H,2,7-10H2,1H3/t15-/m0/s1. The van der Waals surface area contributed by atoms with Crippen LogP contribution < -0.4 is 0 Å². The molecule has 1 saturated heterocycles. The Kier molecular flexibility index (Phi) is 4.88. The summed E-state index contributed by atoms with van der Waals surface area (Å²) in [5.41, 5.74) is 1.06. The van der Waals surface area contributed by atoms with Gasteiger partial charge in [0.1, 0.15) is 0 Å². The van der Waals surface area contributed by atoms with E-state index < -0.39 is 0 Å². The van der Waals surface area contributed by atoms with E-state index in [0.29, 0.717) is 9.98 Å². The maximum Gasteiger partial charge on any atom is 0.230 e. The maximum absolute atomic E-state index is 10.8. The number of fused-ring (bicyclic) bond motifs is 1. The van der Waals surface area contributed by atoms with Gasteiger partial charge in [0.15, 0.2) is 5.82 Å². The molecule has 0 amide bonds. The maximum atomic E-state index is 10.8. The molecule has 1 fully saturated rings. The average Bonchev–Trinajstić information content (AvgIpc) is 3.18. The molecule has 3 aromatic rings. The van der Waals surface area contributed by atoms with E-state index in [4.69, 9.17) is 11.6 Å². The molecule has 1 aliphatic heterocycles. The third-order valence-corrected chi connectivity index (χ3v) is 6.18. The Labute approximate surface area is 160 Å². The quantitative estimate of drug-likeness (QED) is 0.712. The molecular formula is C18H21ClN4O2S. The van der Waals surface area contributed by atoms with Crippen LogP contribution in [0.1, 0.15) is 42.1 Å². The highest BCUT2D eigenvalue weighted by Crippen LogP contribution is 2.41. The molecule has 0 unspecified atom stereocenters. The minimum atomic E-state index is -0.250. The summed E-state index contributed by atoms with van der Waals surface area (Å²) < 4.78 is 1.53. The number of rotatable bonds is 4. The van der Waals surface area contributed by atoms with Crippen molar-refractivity contribution in [2.24, 2.45) is 0 Å². The molecule has 1 aliphatic rings. The van der Waals surface area contributed by atoms with E-state index in [1.807, 2.05) is 31.2 Å². The number of hydrogen-bond donors (Lipinski definition) is 2. The van der Waals surface area contributed by atoms with Crippen molar-refractivity contribution in [2.45, 2.75) is 38.3 Å². The zero-order valence-corrected chi connectivity index (χ0v) is 16.0. The minimum Gasteiger partial charge on any atom is -0.492 e. The van der Waals surface area contributed by atoms with Crippen molar-refractivity contribution in [2.75, 3.05) is 13.1 Å². The monoisotopic (exact) mass is 392 g/mol. The van der Waals surface area contributed by atoms with Gasteiger partial charge in [-0.1, -0.05) is 42.0 Å². The summed E-state index contributed by atoms with van der Waals surface area (Å²) in [7, 11) is 0. The third-order valence-electron chi connectivity index (χ3n) is 4.86. The van der Waals surface area contributed by atoms with E-state index >= 15 is 0 Å². The lowest BCUT2D eigenvalue weighted by molar-refractivity contribution is 0.0689. The highest BCUT2D eigenvalue weighted by Gasteiger charge is 2.31. The van der Waals surface area contributed by atoms with Gasteiger partial charge in [-0.05, 0) is 30.5 Å². The summed E-state index contributed by atoms with van der Waals surface area (Å²) in [5.74, 6) is 0.866. The van der Waals surface area contributed by atoms with E-state index in [0.717, 1.165) is 48.6 Å². The van der Waals surface area contributed by atoms with Crippen LogP contribution >= 0.6 is 22.9 Å². The smallest absolute Gasteiger partial charge is 0.230 e. The number of aromatic hydroxyl groups is 1. The Morgan fingerprint density at radius 3 is 2.58 bits per heavy atom. The van der Waals surface area contributed by atoms with Crippen LogP contribution in [-0.2, 0) is 6.42 Å². The van der Waals surface area contributed by atoms with Gasteiger partial charge in [-0.15, -0.1) is 5.10 Å². The van der Waals surface area contributed by atoms with Gasteiger partial charge in [0.05, 0.1) is 17.0 Å². The lowest BCUT2D eigenvalue weighted by Crippen LogP contribution is -2.38. The summed E-state index contributed by atoms with van der Waals surface area (Å²) >= 11 is 7.53. The first kappa shape index (κ1) is 17.7. The van der Waals surface area contributed by atoms with Gasteiger partial charge < -0.3 is 10.2 Å². The molecule has 1 aromatic carbocycles. The second kappa shape index (κ2) is 7.15. The molecule has 0 aliphatic carbocycles. The Bertz CT molecular complexity index is 900. The van der Waals surface area contributed by atoms with Crippen LogP contribution in [0.3, 0.4) is 0 Å². The highest BCUT2D eigenvalue weighted by molar-refractivity contribution is 7.17. The van der Waals surface area contributed by atoms with Crippen molar-refractivity contribution in [3.63, 3.8) is 0 Å². The van der Waals surface area contributed by atoms with E-state index in [1.165, 1.54) is 15.9 Å². The van der Waals surface area contributed by atoms with Gasteiger partial charge in [-0.2, -0.15) is 4.52 Å². The molecule has 0 spiro atoms. The van der Waals surface area contributed by atoms with Gasteiger partial charge in [0.25, 0.3) is 0 Å². The van der Waals surface area contributed by atoms with Crippen LogP contribution in [-0.4, -0.2) is 48.9 Å². The zero-order chi connectivity index (χ0) is 18.3. The molecule has 2 N–H and O–H groups in total. The van der Waals surface area contributed by atoms with Crippen molar-refractivity contribution >= 4 is 27.9 Å². The summed E-state index contributed by atoms with van der Waals surface area (Å²) in [6.45, 7) is 3.52. The predicted octanol–water partition coefficient (Wildman–Crippen LogP) is 3.26. The number of aryl methyl sites for hydroxylation is 1. The lowest BCUT2D eigenvalue weighted by atomic mass is 9.99. The van der Waals surface area contributed by atoms with Crippen molar-refractivity contribution in [3.05, 3.63) is 45.6 Å². The summed E-state index contributed by atoms with van der Waals surface area (Å²) in [6.07, 6.45) is 1.94. The first-order chi connectivity index (χ1) is 12.6. The lowest BCUT2D eigenvalue weighted by Gasteiger charge is -2.36. The second-order valence-electron chi connectivity index (χ2n) is 6.59. The number of likely N-dealkylation sites (tertiary alicyclic amines) is 1. The van der Waals surface area contributed by atoms with Gasteiger partial charge in [-0.25, -0.2) is 4.98 Å². The third kappa shape index (κ3) is 3.20. The number of aliphatic hydroxyl groups excluding tert-OH is 1. The summed E-state index contributed by atoms with van der Waals surface area (Å²) in [4.78, 5) is 8.30. The fourth-order valence-corrected chi connectivity index (χ4v) is 4.70. The molecule has 0 bridgehead atoms. The van der Waals surface area contributed by atoms with Crippen molar-refractivity contribution in [1.82, 2.24) is 19.5 Å². The van der Waals surface area contributed by atoms with Crippen LogP contribution in [0.15, 0.2) is 24.3 Å². The zero-order valence-electron chi connectivity index (χ0n) is 14.5. The van der Waals surface area contributed by atoms with Crippen LogP contribution in [0.25, 0.3) is 4.96 Å². The number of aliphatic hydroxyl groups is 1. The molecule has 3 heterocycles. The topological polar surface area (TPSA) is 73.9 Å². The Morgan fingerprint density at radius 1 is 1.27 bits per heavy atom. The predicted molar refractivity (Wildman–Crippen MR) is 102 cm³/mol. The van der Waals surface area contributed by atoms with Crippen LogP contribution in [0.5, 0.6) is 5.88 Å². The molecule has 138 valence electrons. The van der Waals surface area contributed by atoms with E-state index in [1.54, 1.807) is 0 Å². The van der Waals surface area contributed by atoms with Gasteiger partial charge in [0, 0.05) is 24.5 Å². The summed E-state index contributed by atoms with van der Waals surface area (Å²) in [6, 6.07) is 7.60. The van der Waals surface area contributed by atoms with Crippen molar-refractivity contribution in [3.8, 4) is 5.88 Å². The van der Waals surface area contributed by atoms with Crippen molar-refractivity contribution in [1.29, 1.82) is 0 Å². The highest BCUT2D eigenvalue weighted by atomic mass is 35.5. The number of halogens is 1. The largest absolute Gasteiger partial charge is 0.492 e. The van der Waals surface area contributed by atoms with Gasteiger partial charge >= 0.3 is 0 Å². The Hall–Kier alpha value is -1.67. The van der Waals surface area contributed by atoms with Crippen LogP contribution in [0.4, 0.5) is 0 Å². The molecule has 2 aromatic heterocycles. The summed E-state index contributed by atoms with van der Waals surface area (Å²) in [5, 5.41) is 25.8. The van der Waals surface area contributed by atoms with E-state index in [-0.39, 0.29) is 18.0 Å². The van der Waals surface area contributed by atoms with Crippen LogP contribution in [0, 0.1) is 0 Å². The first-order valence-electron chi connectivity index (χ1n) is 8.81. The molecule has 4 rings (SSSR count). The molecule has 0 radical (unpaired) electrons. The number of nitrogens with zero attached hydrogens (tertiary/aromatic N) is 4. The Morgan fingerprint density at radius 2 is 1.96 bits per heavy atom. The fourth-order valence-electron chi connectivity index (χ4n) is 3.44. The molecule has 8 heteroatoms. The molecule has 1 atom stereocenters. The van der Waals surface area contributed by atoms with E-state index in [2.05, 4.69) is 15.0 Å². The molecule has 6 nitrogen and oxygen atoms in total. The van der Waals surface area contributed by atoms with Crippen LogP contribution in [0.2, 0.25) is 5.02 Å². The number of hydrogen-bond acceptors (Lipinski definition) is 6. The number of aromatic nitrogens is 3. The molecule has 26 heavy (non-hydrogen) atoms. The second-order valence-corrected chi connectivity index (χ2v) is 8.03. The molecular weight excluding hydrogens is 372 g/mol. The molecule has 0 saturated carbocycles. The normalized spacial score (nSPS) is 17.8. The number of thiazole rings is 1.